The molecule has 0 amide bonds. The van der Waals surface area contributed by atoms with Crippen LogP contribution in [0.25, 0.3) is 0 Å². The second kappa shape index (κ2) is 2.44. The predicted octanol–water partition coefficient (Wildman–Crippen LogP) is 2.89. The molecule has 1 N–H and O–H groups in total. The predicted molar refractivity (Wildman–Crippen MR) is 55.9 cm³/mol. The molecule has 0 radical (unpaired) electrons. The van der Waals surface area contributed by atoms with Crippen molar-refractivity contribution < 1.29 is 0 Å². The molecule has 1 aliphatic rings. The number of thiocarbonyl (C=S) groups is 1. The van der Waals surface area contributed by atoms with Gasteiger partial charge in [0, 0.05) is 11.3 Å². The maximum Gasteiger partial charge on any atom is 0.119 e. The number of alkyl halides is 1. The maximum atomic E-state index is 6.24. The first-order valence-corrected chi connectivity index (χ1v) is 4.51. The maximum absolute atomic E-state index is 6.24. The van der Waals surface area contributed by atoms with Gasteiger partial charge in [0.05, 0.1) is 0 Å². The standard InChI is InChI=1S/C9H8ClNS/c1-9(10)6-4-2-3-5-7(6)11-8(9)12/h2-5H,1H3,(H,11,12). The fourth-order valence-corrected chi connectivity index (χ4v) is 1.80. The third-order valence-corrected chi connectivity index (χ3v) is 3.12. The lowest BCUT2D eigenvalue weighted by atomic mass is 10.0. The second-order valence-electron chi connectivity index (χ2n) is 3.00. The first-order valence-electron chi connectivity index (χ1n) is 3.72. The summed E-state index contributed by atoms with van der Waals surface area (Å²) in [6.07, 6.45) is 0. The van der Waals surface area contributed by atoms with Gasteiger partial charge in [-0.25, -0.2) is 0 Å². The Bertz CT molecular complexity index is 346. The van der Waals surface area contributed by atoms with E-state index in [-0.39, 0.29) is 0 Å². The first-order chi connectivity index (χ1) is 5.62. The smallest absolute Gasteiger partial charge is 0.119 e. The number of fused-ring (bicyclic) bond motifs is 1. The molecule has 0 bridgehead atoms. The first kappa shape index (κ1) is 8.02. The summed E-state index contributed by atoms with van der Waals surface area (Å²) in [5.41, 5.74) is 2.09. The molecule has 0 aromatic heterocycles. The molecule has 0 spiro atoms. The van der Waals surface area contributed by atoms with E-state index in [2.05, 4.69) is 5.32 Å². The van der Waals surface area contributed by atoms with E-state index in [1.807, 2.05) is 31.2 Å². The van der Waals surface area contributed by atoms with E-state index in [0.29, 0.717) is 4.99 Å². The normalized spacial score (nSPS) is 26.7. The van der Waals surface area contributed by atoms with Crippen LogP contribution in [0.15, 0.2) is 24.3 Å². The van der Waals surface area contributed by atoms with E-state index in [0.717, 1.165) is 11.3 Å². The van der Waals surface area contributed by atoms with E-state index < -0.39 is 4.87 Å². The Morgan fingerprint density at radius 2 is 2.08 bits per heavy atom. The summed E-state index contributed by atoms with van der Waals surface area (Å²) < 4.78 is 0. The van der Waals surface area contributed by atoms with Crippen LogP contribution in [-0.4, -0.2) is 4.99 Å². The number of rotatable bonds is 0. The van der Waals surface area contributed by atoms with Crippen molar-refractivity contribution in [2.45, 2.75) is 11.8 Å². The van der Waals surface area contributed by atoms with Gasteiger partial charge in [0.1, 0.15) is 9.86 Å². The van der Waals surface area contributed by atoms with Gasteiger partial charge in [-0.3, -0.25) is 0 Å². The average molecular weight is 198 g/mol. The molecule has 0 saturated heterocycles. The molecule has 0 aliphatic carbocycles. The van der Waals surface area contributed by atoms with Gasteiger partial charge in [0.2, 0.25) is 0 Å². The van der Waals surface area contributed by atoms with Crippen molar-refractivity contribution in [1.82, 2.24) is 0 Å². The molecule has 1 aromatic carbocycles. The molecule has 1 heterocycles. The number of halogens is 1. The third kappa shape index (κ3) is 0.952. The fraction of sp³-hybridized carbons (Fsp3) is 0.222. The number of benzene rings is 1. The van der Waals surface area contributed by atoms with Crippen LogP contribution < -0.4 is 5.32 Å². The van der Waals surface area contributed by atoms with Crippen molar-refractivity contribution in [3.05, 3.63) is 29.8 Å². The van der Waals surface area contributed by atoms with Crippen LogP contribution in [0.4, 0.5) is 5.69 Å². The van der Waals surface area contributed by atoms with Crippen LogP contribution in [-0.2, 0) is 4.87 Å². The van der Waals surface area contributed by atoms with Crippen LogP contribution in [0.3, 0.4) is 0 Å². The van der Waals surface area contributed by atoms with Crippen LogP contribution in [0.2, 0.25) is 0 Å². The van der Waals surface area contributed by atoms with Gasteiger partial charge in [-0.15, -0.1) is 11.6 Å². The van der Waals surface area contributed by atoms with Crippen molar-refractivity contribution in [1.29, 1.82) is 0 Å². The van der Waals surface area contributed by atoms with Crippen molar-refractivity contribution in [3.8, 4) is 0 Å². The number of hydrogen-bond acceptors (Lipinski definition) is 1. The van der Waals surface area contributed by atoms with Crippen molar-refractivity contribution >= 4 is 34.5 Å². The average Bonchev–Trinajstić information content (AvgIpc) is 2.25. The van der Waals surface area contributed by atoms with Crippen LogP contribution in [0, 0.1) is 0 Å². The Kier molecular flexibility index (Phi) is 1.63. The zero-order chi connectivity index (χ0) is 8.77. The lowest BCUT2D eigenvalue weighted by Gasteiger charge is -2.13. The molecule has 1 unspecified atom stereocenters. The summed E-state index contributed by atoms with van der Waals surface area (Å²) >= 11 is 11.4. The number of anilines is 1. The van der Waals surface area contributed by atoms with E-state index in [1.165, 1.54) is 0 Å². The molecule has 1 aromatic rings. The summed E-state index contributed by atoms with van der Waals surface area (Å²) in [4.78, 5) is 0.164. The van der Waals surface area contributed by atoms with Gasteiger partial charge in [0.25, 0.3) is 0 Å². The van der Waals surface area contributed by atoms with E-state index >= 15 is 0 Å². The molecule has 12 heavy (non-hydrogen) atoms. The molecule has 1 atom stereocenters. The topological polar surface area (TPSA) is 12.0 Å². The van der Waals surface area contributed by atoms with Gasteiger partial charge < -0.3 is 5.32 Å². The Morgan fingerprint density at radius 1 is 1.42 bits per heavy atom. The highest BCUT2D eigenvalue weighted by molar-refractivity contribution is 7.81. The van der Waals surface area contributed by atoms with E-state index in [4.69, 9.17) is 23.8 Å². The highest BCUT2D eigenvalue weighted by atomic mass is 35.5. The molecule has 0 fully saturated rings. The molecular formula is C9H8ClNS. The minimum absolute atomic E-state index is 0.522. The molecular weight excluding hydrogens is 190 g/mol. The highest BCUT2D eigenvalue weighted by Gasteiger charge is 2.36. The van der Waals surface area contributed by atoms with Gasteiger partial charge in [-0.1, -0.05) is 30.4 Å². The summed E-state index contributed by atoms with van der Waals surface area (Å²) in [7, 11) is 0. The Balaban J connectivity index is 2.63. The zero-order valence-electron chi connectivity index (χ0n) is 6.60. The molecule has 1 nitrogen and oxygen atoms in total. The summed E-state index contributed by atoms with van der Waals surface area (Å²) in [6, 6.07) is 7.91. The van der Waals surface area contributed by atoms with Crippen LogP contribution >= 0.6 is 23.8 Å². The molecule has 62 valence electrons. The molecule has 2 rings (SSSR count). The zero-order valence-corrected chi connectivity index (χ0v) is 8.17. The van der Waals surface area contributed by atoms with Crippen LogP contribution in [0.1, 0.15) is 12.5 Å². The highest BCUT2D eigenvalue weighted by Crippen LogP contribution is 2.40. The lowest BCUT2D eigenvalue weighted by molar-refractivity contribution is 0.960. The minimum atomic E-state index is -0.522. The van der Waals surface area contributed by atoms with E-state index in [9.17, 15) is 0 Å². The Morgan fingerprint density at radius 3 is 2.75 bits per heavy atom. The lowest BCUT2D eigenvalue weighted by Crippen LogP contribution is -2.22. The number of hydrogen-bond donors (Lipinski definition) is 1. The van der Waals surface area contributed by atoms with Gasteiger partial charge in [-0.05, 0) is 13.0 Å². The minimum Gasteiger partial charge on any atom is -0.348 e. The summed E-state index contributed by atoms with van der Waals surface area (Å²) in [5, 5.41) is 3.09. The van der Waals surface area contributed by atoms with Crippen LogP contribution in [0.5, 0.6) is 0 Å². The fourth-order valence-electron chi connectivity index (χ4n) is 1.36. The summed E-state index contributed by atoms with van der Waals surface area (Å²) in [5.74, 6) is 0. The molecule has 3 heteroatoms. The number of para-hydroxylation sites is 1. The molecule has 0 saturated carbocycles. The van der Waals surface area contributed by atoms with E-state index in [1.54, 1.807) is 0 Å². The van der Waals surface area contributed by atoms with Crippen molar-refractivity contribution in [3.63, 3.8) is 0 Å². The monoisotopic (exact) mass is 197 g/mol. The second-order valence-corrected chi connectivity index (χ2v) is 4.17. The van der Waals surface area contributed by atoms with Gasteiger partial charge in [-0.2, -0.15) is 0 Å². The van der Waals surface area contributed by atoms with Gasteiger partial charge >= 0.3 is 0 Å². The van der Waals surface area contributed by atoms with Crippen molar-refractivity contribution in [2.24, 2.45) is 0 Å². The quantitative estimate of drug-likeness (QED) is 0.507. The third-order valence-electron chi connectivity index (χ3n) is 2.11. The van der Waals surface area contributed by atoms with Crippen molar-refractivity contribution in [2.75, 3.05) is 5.32 Å². The Labute approximate surface area is 81.7 Å². The SMILES string of the molecule is CC1(Cl)C(=S)Nc2ccccc21. The summed E-state index contributed by atoms with van der Waals surface area (Å²) in [6.45, 7) is 1.91. The Hall–Kier alpha value is -0.600. The largest absolute Gasteiger partial charge is 0.348 e. The van der Waals surface area contributed by atoms with Gasteiger partial charge in [0.15, 0.2) is 0 Å². The number of nitrogens with one attached hydrogen (secondary N) is 1. The molecule has 1 aliphatic heterocycles.